The number of rotatable bonds is 3. The Morgan fingerprint density at radius 3 is 2.44 bits per heavy atom. The molecule has 0 bridgehead atoms. The Balaban J connectivity index is 2.12. The van der Waals surface area contributed by atoms with Gasteiger partial charge >= 0.3 is 0 Å². The van der Waals surface area contributed by atoms with Crippen LogP contribution in [-0.4, -0.2) is 18.8 Å². The van der Waals surface area contributed by atoms with E-state index in [-0.39, 0.29) is 0 Å². The predicted molar refractivity (Wildman–Crippen MR) is 64.0 cm³/mol. The lowest BCUT2D eigenvalue weighted by atomic mass is 9.86. The maximum absolute atomic E-state index is 14.5. The van der Waals surface area contributed by atoms with Gasteiger partial charge in [0.1, 0.15) is 5.67 Å². The topological polar surface area (TPSA) is 38.0 Å². The second kappa shape index (κ2) is 4.93. The lowest BCUT2D eigenvalue weighted by Crippen LogP contribution is -2.40. The summed E-state index contributed by atoms with van der Waals surface area (Å²) < 4.78 is 14.5. The first-order chi connectivity index (χ1) is 7.73. The molecule has 2 nitrogen and oxygen atoms in total. The molecule has 1 heterocycles. The maximum atomic E-state index is 14.5. The normalized spacial score (nSPS) is 19.6. The molecule has 0 aliphatic carbocycles. The van der Waals surface area contributed by atoms with E-state index in [1.165, 1.54) is 0 Å². The first-order valence-corrected chi connectivity index (χ1v) is 5.90. The van der Waals surface area contributed by atoms with E-state index < -0.39 is 5.67 Å². The van der Waals surface area contributed by atoms with Crippen LogP contribution in [-0.2, 0) is 13.0 Å². The smallest absolute Gasteiger partial charge is 0.117 e. The minimum Gasteiger partial charge on any atom is -0.326 e. The molecule has 0 radical (unpaired) electrons. The van der Waals surface area contributed by atoms with Gasteiger partial charge in [0.25, 0.3) is 0 Å². The van der Waals surface area contributed by atoms with Crippen LogP contribution < -0.4 is 11.1 Å². The number of benzene rings is 1. The summed E-state index contributed by atoms with van der Waals surface area (Å²) in [6.45, 7) is 2.05. The molecule has 16 heavy (non-hydrogen) atoms. The Kier molecular flexibility index (Phi) is 3.56. The van der Waals surface area contributed by atoms with Gasteiger partial charge < -0.3 is 11.1 Å². The van der Waals surface area contributed by atoms with Gasteiger partial charge in [0.2, 0.25) is 0 Å². The quantitative estimate of drug-likeness (QED) is 0.818. The zero-order chi connectivity index (χ0) is 11.4. The molecule has 0 amide bonds. The molecule has 0 saturated carbocycles. The summed E-state index contributed by atoms with van der Waals surface area (Å²) in [7, 11) is 0. The van der Waals surface area contributed by atoms with Gasteiger partial charge in [0.05, 0.1) is 0 Å². The van der Waals surface area contributed by atoms with Gasteiger partial charge in [-0.2, -0.15) is 0 Å². The number of piperidine rings is 1. The summed E-state index contributed by atoms with van der Waals surface area (Å²) in [5.74, 6) is 0. The van der Waals surface area contributed by atoms with Crippen molar-refractivity contribution in [2.24, 2.45) is 5.73 Å². The number of halogens is 1. The molecule has 1 aliphatic heterocycles. The van der Waals surface area contributed by atoms with E-state index in [1.54, 1.807) is 0 Å². The maximum Gasteiger partial charge on any atom is 0.117 e. The van der Waals surface area contributed by atoms with Gasteiger partial charge in [0.15, 0.2) is 0 Å². The van der Waals surface area contributed by atoms with Crippen molar-refractivity contribution in [2.75, 3.05) is 13.1 Å². The second-order valence-corrected chi connectivity index (χ2v) is 4.55. The highest BCUT2D eigenvalue weighted by Gasteiger charge is 2.32. The number of hydrogen-bond donors (Lipinski definition) is 2. The molecule has 1 fully saturated rings. The van der Waals surface area contributed by atoms with Crippen LogP contribution in [0.25, 0.3) is 0 Å². The van der Waals surface area contributed by atoms with E-state index in [0.717, 1.165) is 24.2 Å². The fraction of sp³-hybridized carbons (Fsp3) is 0.538. The molecule has 2 rings (SSSR count). The molecule has 1 aromatic carbocycles. The van der Waals surface area contributed by atoms with Crippen molar-refractivity contribution in [3.8, 4) is 0 Å². The SMILES string of the molecule is NCc1ccccc1CC1(F)CCNCC1. The first-order valence-electron chi connectivity index (χ1n) is 5.90. The van der Waals surface area contributed by atoms with E-state index >= 15 is 0 Å². The lowest BCUT2D eigenvalue weighted by Gasteiger charge is -2.30. The van der Waals surface area contributed by atoms with Crippen molar-refractivity contribution in [2.45, 2.75) is 31.5 Å². The van der Waals surface area contributed by atoms with Crippen molar-refractivity contribution in [1.29, 1.82) is 0 Å². The highest BCUT2D eigenvalue weighted by atomic mass is 19.1. The van der Waals surface area contributed by atoms with E-state index in [0.29, 0.717) is 25.8 Å². The average Bonchev–Trinajstić information content (AvgIpc) is 2.30. The van der Waals surface area contributed by atoms with E-state index in [9.17, 15) is 4.39 Å². The second-order valence-electron chi connectivity index (χ2n) is 4.55. The van der Waals surface area contributed by atoms with Crippen LogP contribution in [0.2, 0.25) is 0 Å². The Morgan fingerprint density at radius 1 is 1.19 bits per heavy atom. The molecule has 0 spiro atoms. The van der Waals surface area contributed by atoms with E-state index in [2.05, 4.69) is 5.32 Å². The molecular weight excluding hydrogens is 203 g/mol. The summed E-state index contributed by atoms with van der Waals surface area (Å²) in [6, 6.07) is 7.89. The van der Waals surface area contributed by atoms with Gasteiger partial charge in [-0.3, -0.25) is 0 Å². The first kappa shape index (κ1) is 11.6. The zero-order valence-corrected chi connectivity index (χ0v) is 9.51. The summed E-state index contributed by atoms with van der Waals surface area (Å²) in [5.41, 5.74) is 6.75. The third-order valence-electron chi connectivity index (χ3n) is 3.35. The third-order valence-corrected chi connectivity index (χ3v) is 3.35. The summed E-state index contributed by atoms with van der Waals surface area (Å²) in [5, 5.41) is 3.19. The Labute approximate surface area is 96.0 Å². The number of hydrogen-bond acceptors (Lipinski definition) is 2. The minimum atomic E-state index is -1.05. The van der Waals surface area contributed by atoms with Crippen molar-refractivity contribution in [3.63, 3.8) is 0 Å². The highest BCUT2D eigenvalue weighted by molar-refractivity contribution is 5.28. The average molecular weight is 222 g/mol. The third kappa shape index (κ3) is 2.60. The summed E-state index contributed by atoms with van der Waals surface area (Å²) in [4.78, 5) is 0. The Morgan fingerprint density at radius 2 is 1.81 bits per heavy atom. The lowest BCUT2D eigenvalue weighted by molar-refractivity contribution is 0.116. The fourth-order valence-corrected chi connectivity index (χ4v) is 2.32. The van der Waals surface area contributed by atoms with Crippen LogP contribution in [0.1, 0.15) is 24.0 Å². The molecule has 0 unspecified atom stereocenters. The highest BCUT2D eigenvalue weighted by Crippen LogP contribution is 2.28. The van der Waals surface area contributed by atoms with Gasteiger partial charge in [-0.05, 0) is 37.1 Å². The molecule has 0 aromatic heterocycles. The van der Waals surface area contributed by atoms with E-state index in [1.807, 2.05) is 24.3 Å². The van der Waals surface area contributed by atoms with Gasteiger partial charge in [-0.15, -0.1) is 0 Å². The van der Waals surface area contributed by atoms with Crippen LogP contribution in [0.4, 0.5) is 4.39 Å². The Bertz CT molecular complexity index is 346. The molecular formula is C13H19FN2. The number of alkyl halides is 1. The molecule has 3 heteroatoms. The van der Waals surface area contributed by atoms with Crippen molar-refractivity contribution in [3.05, 3.63) is 35.4 Å². The summed E-state index contributed by atoms with van der Waals surface area (Å²) >= 11 is 0. The van der Waals surface area contributed by atoms with Crippen LogP contribution in [0.3, 0.4) is 0 Å². The molecule has 88 valence electrons. The van der Waals surface area contributed by atoms with Gasteiger partial charge in [-0.25, -0.2) is 4.39 Å². The summed E-state index contributed by atoms with van der Waals surface area (Å²) in [6.07, 6.45) is 1.71. The van der Waals surface area contributed by atoms with Gasteiger partial charge in [0, 0.05) is 13.0 Å². The molecule has 1 aromatic rings. The van der Waals surface area contributed by atoms with Crippen molar-refractivity contribution >= 4 is 0 Å². The number of nitrogens with one attached hydrogen (secondary N) is 1. The van der Waals surface area contributed by atoms with Crippen LogP contribution in [0, 0.1) is 0 Å². The zero-order valence-electron chi connectivity index (χ0n) is 9.51. The Hall–Kier alpha value is -0.930. The minimum absolute atomic E-state index is 0.491. The fourth-order valence-electron chi connectivity index (χ4n) is 2.32. The van der Waals surface area contributed by atoms with Crippen molar-refractivity contribution in [1.82, 2.24) is 5.32 Å². The monoisotopic (exact) mass is 222 g/mol. The molecule has 3 N–H and O–H groups in total. The van der Waals surface area contributed by atoms with Gasteiger partial charge in [-0.1, -0.05) is 24.3 Å². The largest absolute Gasteiger partial charge is 0.326 e. The standard InChI is InChI=1S/C13H19FN2/c14-13(5-7-16-8-6-13)9-11-3-1-2-4-12(11)10-15/h1-4,16H,5-10,15H2. The van der Waals surface area contributed by atoms with Crippen LogP contribution >= 0.6 is 0 Å². The molecule has 1 saturated heterocycles. The van der Waals surface area contributed by atoms with Crippen molar-refractivity contribution < 1.29 is 4.39 Å². The molecule has 1 aliphatic rings. The van der Waals surface area contributed by atoms with Crippen LogP contribution in [0.15, 0.2) is 24.3 Å². The van der Waals surface area contributed by atoms with E-state index in [4.69, 9.17) is 5.73 Å². The number of nitrogens with two attached hydrogens (primary N) is 1. The van der Waals surface area contributed by atoms with Crippen LogP contribution in [0.5, 0.6) is 0 Å². The molecule has 0 atom stereocenters. The predicted octanol–water partition coefficient (Wildman–Crippen LogP) is 1.78.